The molecule has 9 nitrogen and oxygen atoms in total. The van der Waals surface area contributed by atoms with Crippen LogP contribution in [0, 0.1) is 10.1 Å². The van der Waals surface area contributed by atoms with E-state index in [2.05, 4.69) is 4.98 Å². The molecule has 21 heavy (non-hydrogen) atoms. The van der Waals surface area contributed by atoms with Crippen LogP contribution in [0.3, 0.4) is 0 Å². The van der Waals surface area contributed by atoms with Crippen molar-refractivity contribution in [3.8, 4) is 11.5 Å². The smallest absolute Gasteiger partial charge is 0.404 e. The van der Waals surface area contributed by atoms with E-state index >= 15 is 0 Å². The molecule has 0 bridgehead atoms. The van der Waals surface area contributed by atoms with Gasteiger partial charge in [-0.3, -0.25) is 4.57 Å². The zero-order valence-corrected chi connectivity index (χ0v) is 11.9. The van der Waals surface area contributed by atoms with Gasteiger partial charge in [-0.2, -0.15) is 8.42 Å². The first kappa shape index (κ1) is 14.8. The van der Waals surface area contributed by atoms with E-state index in [4.69, 9.17) is 8.92 Å². The highest BCUT2D eigenvalue weighted by Crippen LogP contribution is 2.31. The third kappa shape index (κ3) is 2.79. The maximum Gasteiger partial charge on any atom is 0.404 e. The summed E-state index contributed by atoms with van der Waals surface area (Å²) in [6.07, 6.45) is 1.02. The van der Waals surface area contributed by atoms with Crippen LogP contribution >= 0.6 is 0 Å². The number of ether oxygens (including phenoxy) is 1. The van der Waals surface area contributed by atoms with E-state index in [1.54, 1.807) is 12.1 Å². The van der Waals surface area contributed by atoms with Crippen LogP contribution in [0.15, 0.2) is 35.6 Å². The number of hydrogen-bond donors (Lipinski definition) is 0. The van der Waals surface area contributed by atoms with Crippen molar-refractivity contribution in [3.63, 3.8) is 0 Å². The molecule has 0 radical (unpaired) electrons. The van der Waals surface area contributed by atoms with E-state index in [1.807, 2.05) is 0 Å². The summed E-state index contributed by atoms with van der Waals surface area (Å²) < 4.78 is 35.4. The minimum atomic E-state index is -4.43. The fraction of sp³-hybridized carbons (Fsp3) is 0.182. The van der Waals surface area contributed by atoms with Crippen molar-refractivity contribution in [2.45, 2.75) is 5.03 Å². The Morgan fingerprint density at radius 1 is 1.29 bits per heavy atom. The second-order valence-electron chi connectivity index (χ2n) is 3.93. The Morgan fingerprint density at radius 3 is 2.48 bits per heavy atom. The van der Waals surface area contributed by atoms with Gasteiger partial charge in [0.15, 0.2) is 11.5 Å². The highest BCUT2D eigenvalue weighted by molar-refractivity contribution is 7.87. The molecule has 2 rings (SSSR count). The number of benzene rings is 1. The molecular weight excluding hydrogens is 302 g/mol. The van der Waals surface area contributed by atoms with Gasteiger partial charge in [0.05, 0.1) is 7.11 Å². The van der Waals surface area contributed by atoms with E-state index in [1.165, 1.54) is 26.3 Å². The maximum atomic E-state index is 12.2. The summed E-state index contributed by atoms with van der Waals surface area (Å²) in [5, 5.41) is 10.2. The second kappa shape index (κ2) is 5.40. The fourth-order valence-electron chi connectivity index (χ4n) is 1.67. The first-order valence-corrected chi connectivity index (χ1v) is 7.01. The van der Waals surface area contributed by atoms with Crippen molar-refractivity contribution in [2.24, 2.45) is 7.05 Å². The van der Waals surface area contributed by atoms with Gasteiger partial charge in [0, 0.05) is 7.05 Å². The van der Waals surface area contributed by atoms with Gasteiger partial charge in [-0.15, -0.1) is 0 Å². The number of aromatic nitrogens is 2. The van der Waals surface area contributed by atoms with Crippen LogP contribution in [-0.2, 0) is 17.2 Å². The van der Waals surface area contributed by atoms with Crippen LogP contribution in [0.4, 0.5) is 5.82 Å². The first-order chi connectivity index (χ1) is 9.86. The van der Waals surface area contributed by atoms with Crippen LogP contribution in [0.5, 0.6) is 11.5 Å². The van der Waals surface area contributed by atoms with Gasteiger partial charge in [0.2, 0.25) is 6.33 Å². The molecule has 2 aromatic rings. The molecule has 0 aliphatic carbocycles. The molecule has 1 heterocycles. The van der Waals surface area contributed by atoms with E-state index in [-0.39, 0.29) is 11.5 Å². The predicted molar refractivity (Wildman–Crippen MR) is 70.7 cm³/mol. The predicted octanol–water partition coefficient (Wildman–Crippen LogP) is 1.10. The van der Waals surface area contributed by atoms with E-state index in [9.17, 15) is 18.5 Å². The van der Waals surface area contributed by atoms with Crippen molar-refractivity contribution in [2.75, 3.05) is 7.11 Å². The SMILES string of the molecule is COc1ccccc1OS(=O)(=O)c1c([N+](=O)[O-])ncn1C. The Morgan fingerprint density at radius 2 is 1.90 bits per heavy atom. The summed E-state index contributed by atoms with van der Waals surface area (Å²) >= 11 is 0. The van der Waals surface area contributed by atoms with E-state index < -0.39 is 25.9 Å². The molecule has 0 aliphatic rings. The molecule has 1 aromatic heterocycles. The molecule has 0 saturated carbocycles. The summed E-state index contributed by atoms with van der Waals surface area (Å²) in [4.78, 5) is 13.4. The zero-order chi connectivity index (χ0) is 15.6. The molecule has 0 amide bonds. The van der Waals surface area contributed by atoms with Gasteiger partial charge in [-0.25, -0.2) is 0 Å². The Balaban J connectivity index is 2.49. The Bertz CT molecular complexity index is 783. The van der Waals surface area contributed by atoms with Crippen LogP contribution in [0.1, 0.15) is 0 Å². The van der Waals surface area contributed by atoms with Crippen LogP contribution in [-0.4, -0.2) is 30.0 Å². The van der Waals surface area contributed by atoms with Gasteiger partial charge in [0.1, 0.15) is 0 Å². The lowest BCUT2D eigenvalue weighted by Crippen LogP contribution is -2.15. The Kier molecular flexibility index (Phi) is 3.80. The van der Waals surface area contributed by atoms with Gasteiger partial charge in [0.25, 0.3) is 5.03 Å². The molecule has 112 valence electrons. The lowest BCUT2D eigenvalue weighted by atomic mass is 10.3. The number of nitrogens with zero attached hydrogens (tertiary/aromatic N) is 3. The summed E-state index contributed by atoms with van der Waals surface area (Å²) in [5.41, 5.74) is 0. The van der Waals surface area contributed by atoms with Gasteiger partial charge in [-0.1, -0.05) is 12.1 Å². The Hall–Kier alpha value is -2.62. The zero-order valence-electron chi connectivity index (χ0n) is 11.1. The average molecular weight is 313 g/mol. The Labute approximate surface area is 120 Å². The molecule has 0 fully saturated rings. The third-order valence-corrected chi connectivity index (χ3v) is 3.89. The number of aryl methyl sites for hydroxylation is 1. The molecule has 0 saturated heterocycles. The van der Waals surface area contributed by atoms with Crippen LogP contribution < -0.4 is 8.92 Å². The van der Waals surface area contributed by atoms with Crippen molar-refractivity contribution in [3.05, 3.63) is 40.7 Å². The molecule has 10 heteroatoms. The lowest BCUT2D eigenvalue weighted by molar-refractivity contribution is -0.392. The van der Waals surface area contributed by atoms with E-state index in [0.717, 1.165) is 10.9 Å². The summed E-state index contributed by atoms with van der Waals surface area (Å²) in [5.74, 6) is -0.686. The highest BCUT2D eigenvalue weighted by atomic mass is 32.2. The number of methoxy groups -OCH3 is 1. The van der Waals surface area contributed by atoms with Crippen LogP contribution in [0.25, 0.3) is 0 Å². The molecule has 0 unspecified atom stereocenters. The highest BCUT2D eigenvalue weighted by Gasteiger charge is 2.34. The number of imidazole rings is 1. The monoisotopic (exact) mass is 313 g/mol. The molecular formula is C11H11N3O6S. The first-order valence-electron chi connectivity index (χ1n) is 5.60. The van der Waals surface area contributed by atoms with Crippen molar-refractivity contribution < 1.29 is 22.3 Å². The van der Waals surface area contributed by atoms with Gasteiger partial charge in [-0.05, 0) is 22.0 Å². The average Bonchev–Trinajstić information content (AvgIpc) is 2.82. The van der Waals surface area contributed by atoms with E-state index in [0.29, 0.717) is 0 Å². The number of para-hydroxylation sites is 2. The maximum absolute atomic E-state index is 12.2. The normalized spacial score (nSPS) is 11.1. The largest absolute Gasteiger partial charge is 0.493 e. The van der Waals surface area contributed by atoms with Gasteiger partial charge < -0.3 is 19.0 Å². The molecule has 0 atom stereocenters. The van der Waals surface area contributed by atoms with Crippen molar-refractivity contribution in [1.29, 1.82) is 0 Å². The van der Waals surface area contributed by atoms with Gasteiger partial charge >= 0.3 is 15.9 Å². The topological polar surface area (TPSA) is 114 Å². The fourth-order valence-corrected chi connectivity index (χ4v) is 2.87. The minimum absolute atomic E-state index is 0.0736. The van der Waals surface area contributed by atoms with Crippen molar-refractivity contribution >= 4 is 15.9 Å². The number of rotatable bonds is 5. The number of nitro groups is 1. The minimum Gasteiger partial charge on any atom is -0.493 e. The second-order valence-corrected chi connectivity index (χ2v) is 5.39. The summed E-state index contributed by atoms with van der Waals surface area (Å²) in [7, 11) is -1.76. The summed E-state index contributed by atoms with van der Waals surface area (Å²) in [6, 6.07) is 6.05. The number of hydrogen-bond acceptors (Lipinski definition) is 7. The molecule has 0 N–H and O–H groups in total. The van der Waals surface area contributed by atoms with Crippen LogP contribution in [0.2, 0.25) is 0 Å². The lowest BCUT2D eigenvalue weighted by Gasteiger charge is -2.10. The third-order valence-electron chi connectivity index (χ3n) is 2.54. The summed E-state index contributed by atoms with van der Waals surface area (Å²) in [6.45, 7) is 0. The quantitative estimate of drug-likeness (QED) is 0.461. The molecule has 1 aromatic carbocycles. The van der Waals surface area contributed by atoms with Crippen molar-refractivity contribution in [1.82, 2.24) is 9.55 Å². The standard InChI is InChI=1S/C11H11N3O6S/c1-13-7-12-10(14(15)16)11(13)21(17,18)20-9-6-4-3-5-8(9)19-2/h3-7H,1-2H3. The molecule has 0 spiro atoms. The molecule has 0 aliphatic heterocycles.